The quantitative estimate of drug-likeness (QED) is 0.0290. The van der Waals surface area contributed by atoms with Crippen LogP contribution in [0.5, 0.6) is 0 Å². The predicted octanol–water partition coefficient (Wildman–Crippen LogP) is 11.5. The molecule has 8 heteroatoms. The Morgan fingerprint density at radius 1 is 0.558 bits per heavy atom. The standard InChI is InChI=1S/C44H83NO7/c1-6-8-10-12-14-16-18-20-21-22-23-25-27-29-31-33-35-43(47)52-40(38-50-37-36-41(44(48)49)45(3,4)5)39-51-42(46)34-32-30-28-26-24-19-17-15-13-11-9-7-2/h15,17,40-41H,6-14,16,18-39H2,1-5H3/p+1/b17-15+. The normalized spacial score (nSPS) is 13.0. The minimum atomic E-state index is -0.874. The first-order chi connectivity index (χ1) is 25.1. The number of aliphatic carboxylic acids is 1. The van der Waals surface area contributed by atoms with Crippen LogP contribution < -0.4 is 0 Å². The van der Waals surface area contributed by atoms with E-state index in [2.05, 4.69) is 26.0 Å². The Morgan fingerprint density at radius 2 is 0.962 bits per heavy atom. The molecule has 52 heavy (non-hydrogen) atoms. The number of nitrogens with zero attached hydrogens (tertiary/aromatic N) is 1. The zero-order valence-electron chi connectivity index (χ0n) is 34.8. The van der Waals surface area contributed by atoms with E-state index in [-0.39, 0.29) is 36.2 Å². The van der Waals surface area contributed by atoms with Gasteiger partial charge in [-0.25, -0.2) is 4.79 Å². The summed E-state index contributed by atoms with van der Waals surface area (Å²) in [7, 11) is 5.53. The van der Waals surface area contributed by atoms with Crippen LogP contribution >= 0.6 is 0 Å². The average Bonchev–Trinajstić information content (AvgIpc) is 3.09. The van der Waals surface area contributed by atoms with Crippen molar-refractivity contribution in [2.75, 3.05) is 41.0 Å². The number of esters is 2. The van der Waals surface area contributed by atoms with Gasteiger partial charge in [0, 0.05) is 19.3 Å². The third kappa shape index (κ3) is 33.9. The number of likely N-dealkylation sites (N-methyl/N-ethyl adjacent to an activating group) is 1. The number of hydrogen-bond donors (Lipinski definition) is 1. The van der Waals surface area contributed by atoms with Gasteiger partial charge in [-0.3, -0.25) is 9.59 Å². The maximum Gasteiger partial charge on any atom is 0.362 e. The number of quaternary nitrogens is 1. The summed E-state index contributed by atoms with van der Waals surface area (Å²) in [5.41, 5.74) is 0. The highest BCUT2D eigenvalue weighted by Crippen LogP contribution is 2.15. The van der Waals surface area contributed by atoms with Crippen molar-refractivity contribution in [3.8, 4) is 0 Å². The zero-order valence-corrected chi connectivity index (χ0v) is 34.8. The molecule has 2 unspecified atom stereocenters. The number of carbonyl (C=O) groups excluding carboxylic acids is 2. The van der Waals surface area contributed by atoms with Crippen LogP contribution in [-0.4, -0.2) is 80.6 Å². The number of ether oxygens (including phenoxy) is 3. The van der Waals surface area contributed by atoms with Gasteiger partial charge in [0.2, 0.25) is 0 Å². The number of carboxylic acids is 1. The summed E-state index contributed by atoms with van der Waals surface area (Å²) >= 11 is 0. The highest BCUT2D eigenvalue weighted by molar-refractivity contribution is 5.72. The lowest BCUT2D eigenvalue weighted by atomic mass is 10.0. The SMILES string of the molecule is CCCCC/C=C/CCCCCCCC(=O)OCC(COCCC(C(=O)O)[N+](C)(C)C)OC(=O)CCCCCCCCCCCCCCCCCC. The molecular weight excluding hydrogens is 654 g/mol. The molecule has 0 aliphatic rings. The van der Waals surface area contributed by atoms with Gasteiger partial charge in [-0.15, -0.1) is 0 Å². The molecule has 0 radical (unpaired) electrons. The second kappa shape index (κ2) is 36.1. The summed E-state index contributed by atoms with van der Waals surface area (Å²) in [5.74, 6) is -1.47. The monoisotopic (exact) mass is 739 g/mol. The number of carboxylic acid groups (broad SMARTS) is 1. The van der Waals surface area contributed by atoms with Gasteiger partial charge in [-0.05, 0) is 38.5 Å². The molecule has 0 aliphatic carbocycles. The fraction of sp³-hybridized carbons (Fsp3) is 0.886. The van der Waals surface area contributed by atoms with E-state index in [0.717, 1.165) is 44.9 Å². The minimum absolute atomic E-state index is 0.0498. The first-order valence-electron chi connectivity index (χ1n) is 21.7. The number of unbranched alkanes of at least 4 members (excludes halogenated alkanes) is 23. The minimum Gasteiger partial charge on any atom is -0.477 e. The number of hydrogen-bond acceptors (Lipinski definition) is 6. The van der Waals surface area contributed by atoms with E-state index in [0.29, 0.717) is 19.3 Å². The fourth-order valence-corrected chi connectivity index (χ4v) is 6.50. The van der Waals surface area contributed by atoms with Crippen LogP contribution in [0.25, 0.3) is 0 Å². The highest BCUT2D eigenvalue weighted by atomic mass is 16.6. The van der Waals surface area contributed by atoms with Crippen molar-refractivity contribution in [2.45, 2.75) is 212 Å². The lowest BCUT2D eigenvalue weighted by Crippen LogP contribution is -2.50. The Bertz CT molecular complexity index is 869. The summed E-state index contributed by atoms with van der Waals surface area (Å²) in [5, 5.41) is 9.60. The predicted molar refractivity (Wildman–Crippen MR) is 215 cm³/mol. The molecule has 0 saturated heterocycles. The molecule has 0 rings (SSSR count). The number of rotatable bonds is 39. The van der Waals surface area contributed by atoms with Crippen molar-refractivity contribution in [1.29, 1.82) is 0 Å². The van der Waals surface area contributed by atoms with Gasteiger partial charge in [0.05, 0.1) is 34.4 Å². The molecule has 1 N–H and O–H groups in total. The molecule has 2 atom stereocenters. The molecule has 0 aliphatic heterocycles. The molecule has 0 aromatic heterocycles. The largest absolute Gasteiger partial charge is 0.477 e. The van der Waals surface area contributed by atoms with E-state index in [4.69, 9.17) is 14.2 Å². The topological polar surface area (TPSA) is 99.1 Å². The van der Waals surface area contributed by atoms with E-state index in [1.807, 2.05) is 21.1 Å². The van der Waals surface area contributed by atoms with Gasteiger partial charge in [0.25, 0.3) is 0 Å². The third-order valence-electron chi connectivity index (χ3n) is 9.91. The van der Waals surface area contributed by atoms with Crippen molar-refractivity contribution in [1.82, 2.24) is 0 Å². The smallest absolute Gasteiger partial charge is 0.362 e. The van der Waals surface area contributed by atoms with Crippen molar-refractivity contribution in [2.24, 2.45) is 0 Å². The highest BCUT2D eigenvalue weighted by Gasteiger charge is 2.31. The van der Waals surface area contributed by atoms with E-state index < -0.39 is 18.1 Å². The van der Waals surface area contributed by atoms with Gasteiger partial charge in [-0.1, -0.05) is 154 Å². The summed E-state index contributed by atoms with van der Waals surface area (Å²) in [6.45, 7) is 4.72. The van der Waals surface area contributed by atoms with Crippen LogP contribution in [0.4, 0.5) is 0 Å². The van der Waals surface area contributed by atoms with Crippen molar-refractivity contribution >= 4 is 17.9 Å². The molecule has 0 bridgehead atoms. The second-order valence-electron chi connectivity index (χ2n) is 16.0. The summed E-state index contributed by atoms with van der Waals surface area (Å²) in [6, 6.07) is -0.610. The maximum atomic E-state index is 12.7. The molecule has 0 heterocycles. The molecule has 0 aromatic carbocycles. The molecular formula is C44H84NO7+. The molecule has 0 aromatic rings. The first kappa shape index (κ1) is 50.1. The van der Waals surface area contributed by atoms with E-state index in [1.54, 1.807) is 0 Å². The Labute approximate surface area is 320 Å². The molecule has 0 saturated carbocycles. The fourth-order valence-electron chi connectivity index (χ4n) is 6.50. The van der Waals surface area contributed by atoms with E-state index >= 15 is 0 Å². The van der Waals surface area contributed by atoms with Crippen LogP contribution in [0.1, 0.15) is 200 Å². The molecule has 8 nitrogen and oxygen atoms in total. The number of allylic oxidation sites excluding steroid dienone is 2. The Hall–Kier alpha value is -1.93. The van der Waals surface area contributed by atoms with Crippen LogP contribution in [0.2, 0.25) is 0 Å². The zero-order chi connectivity index (χ0) is 38.5. The van der Waals surface area contributed by atoms with Crippen LogP contribution in [0.15, 0.2) is 12.2 Å². The van der Waals surface area contributed by atoms with Crippen molar-refractivity contribution in [3.05, 3.63) is 12.2 Å². The molecule has 0 amide bonds. The van der Waals surface area contributed by atoms with Crippen LogP contribution in [0.3, 0.4) is 0 Å². The van der Waals surface area contributed by atoms with Crippen molar-refractivity contribution < 1.29 is 38.2 Å². The summed E-state index contributed by atoms with van der Waals surface area (Å²) in [4.78, 5) is 36.9. The van der Waals surface area contributed by atoms with Gasteiger partial charge in [-0.2, -0.15) is 0 Å². The van der Waals surface area contributed by atoms with E-state index in [1.165, 1.54) is 122 Å². The summed E-state index contributed by atoms with van der Waals surface area (Å²) in [6.07, 6.45) is 36.7. The average molecular weight is 739 g/mol. The molecule has 306 valence electrons. The molecule has 0 spiro atoms. The van der Waals surface area contributed by atoms with Crippen molar-refractivity contribution in [3.63, 3.8) is 0 Å². The lowest BCUT2D eigenvalue weighted by Gasteiger charge is -2.31. The van der Waals surface area contributed by atoms with Crippen LogP contribution in [0, 0.1) is 0 Å². The first-order valence-corrected chi connectivity index (χ1v) is 21.7. The maximum absolute atomic E-state index is 12.7. The van der Waals surface area contributed by atoms with Gasteiger partial charge in [0.15, 0.2) is 12.1 Å². The van der Waals surface area contributed by atoms with Gasteiger partial charge < -0.3 is 23.8 Å². The van der Waals surface area contributed by atoms with Crippen LogP contribution in [-0.2, 0) is 28.6 Å². The van der Waals surface area contributed by atoms with Gasteiger partial charge >= 0.3 is 17.9 Å². The Balaban J connectivity index is 4.33. The van der Waals surface area contributed by atoms with E-state index in [9.17, 15) is 19.5 Å². The number of carbonyl (C=O) groups is 3. The van der Waals surface area contributed by atoms with Gasteiger partial charge in [0.1, 0.15) is 6.61 Å². The third-order valence-corrected chi connectivity index (χ3v) is 9.91. The summed E-state index contributed by atoms with van der Waals surface area (Å²) < 4.78 is 17.3. The lowest BCUT2D eigenvalue weighted by molar-refractivity contribution is -0.887. The second-order valence-corrected chi connectivity index (χ2v) is 16.0. The Kier molecular flexibility index (Phi) is 34.7. The Morgan fingerprint density at radius 3 is 1.42 bits per heavy atom. The molecule has 0 fully saturated rings.